The minimum absolute atomic E-state index is 0.526. The topological polar surface area (TPSA) is 110 Å². The highest BCUT2D eigenvalue weighted by atomic mass is 16.6. The first-order valence-corrected chi connectivity index (χ1v) is 3.56. The quantitative estimate of drug-likeness (QED) is 0.290. The lowest BCUT2D eigenvalue weighted by Crippen LogP contribution is -2.58. The van der Waals surface area contributed by atoms with Crippen molar-refractivity contribution in [1.29, 1.82) is 0 Å². The predicted molar refractivity (Wildman–Crippen MR) is 36.0 cm³/mol. The van der Waals surface area contributed by atoms with Crippen molar-refractivity contribution >= 4 is 0 Å². The monoisotopic (exact) mass is 180 g/mol. The summed E-state index contributed by atoms with van der Waals surface area (Å²) in [6.45, 7) is -0.526. The summed E-state index contributed by atoms with van der Waals surface area (Å²) < 4.78 is 4.58. The molecule has 0 aromatic heterocycles. The highest BCUT2D eigenvalue weighted by Gasteiger charge is 2.42. The van der Waals surface area contributed by atoms with Crippen LogP contribution >= 0.6 is 0 Å². The van der Waals surface area contributed by atoms with Gasteiger partial charge in [-0.05, 0) is 0 Å². The summed E-state index contributed by atoms with van der Waals surface area (Å²) in [5.74, 6) is 0. The Morgan fingerprint density at radius 3 is 2.00 bits per heavy atom. The average Bonchev–Trinajstić information content (AvgIpc) is 2.08. The first-order chi connectivity index (χ1) is 5.57. The highest BCUT2D eigenvalue weighted by Crippen LogP contribution is 2.18. The molecule has 1 aliphatic rings. The molecule has 5 atom stereocenters. The minimum Gasteiger partial charge on any atom is -0.394 e. The molecule has 1 saturated heterocycles. The van der Waals surface area contributed by atoms with Gasteiger partial charge in [-0.3, -0.25) is 0 Å². The Bertz CT molecular complexity index is 146. The van der Waals surface area contributed by atoms with Gasteiger partial charge in [0.05, 0.1) is 6.61 Å². The number of aliphatic hydroxyl groups excluding tert-OH is 5. The molecule has 6 heteroatoms. The van der Waals surface area contributed by atoms with Gasteiger partial charge in [0, 0.05) is 0 Å². The van der Waals surface area contributed by atoms with Gasteiger partial charge in [-0.15, -0.1) is 0 Å². The maximum absolute atomic E-state index is 9.12. The van der Waals surface area contributed by atoms with E-state index < -0.39 is 37.3 Å². The molecule has 0 bridgehead atoms. The van der Waals surface area contributed by atoms with E-state index in [0.717, 1.165) is 0 Å². The molecule has 0 amide bonds. The standard InChI is InChI=1S/C6H12O6/c7-1-2-3(8)4(9)5(10)6(11)12-2/h2-11H,1H2/t2?,3-,4+,5+,6?/m1/s1. The second-order valence-corrected chi connectivity index (χ2v) is 2.72. The fourth-order valence-electron chi connectivity index (χ4n) is 1.08. The van der Waals surface area contributed by atoms with Gasteiger partial charge in [-0.2, -0.15) is 0 Å². The SMILES string of the molecule is OCC1OC(O)[C@@H](O)[C@@H](O)[C@@H]1O. The highest BCUT2D eigenvalue weighted by molar-refractivity contribution is 4.87. The van der Waals surface area contributed by atoms with Crippen molar-refractivity contribution in [2.45, 2.75) is 30.7 Å². The number of rotatable bonds is 1. The fraction of sp³-hybridized carbons (Fsp3) is 1.00. The van der Waals surface area contributed by atoms with Gasteiger partial charge in [0.25, 0.3) is 0 Å². The Kier molecular flexibility index (Phi) is 2.99. The van der Waals surface area contributed by atoms with Crippen LogP contribution in [0.2, 0.25) is 0 Å². The molecule has 2 unspecified atom stereocenters. The lowest BCUT2D eigenvalue weighted by atomic mass is 10.00. The third-order valence-corrected chi connectivity index (χ3v) is 1.87. The summed E-state index contributed by atoms with van der Waals surface area (Å²) in [6, 6.07) is 0. The number of aliphatic hydroxyl groups is 5. The van der Waals surface area contributed by atoms with Gasteiger partial charge in [0.15, 0.2) is 6.29 Å². The van der Waals surface area contributed by atoms with Gasteiger partial charge < -0.3 is 30.3 Å². The summed E-state index contributed by atoms with van der Waals surface area (Å²) in [6.07, 6.45) is -7.04. The van der Waals surface area contributed by atoms with Crippen LogP contribution in [-0.4, -0.2) is 62.8 Å². The van der Waals surface area contributed by atoms with Crippen LogP contribution in [0.15, 0.2) is 0 Å². The predicted octanol–water partition coefficient (Wildman–Crippen LogP) is -3.22. The molecule has 0 saturated carbocycles. The van der Waals surface area contributed by atoms with Crippen molar-refractivity contribution in [3.8, 4) is 0 Å². The summed E-state index contributed by atoms with van der Waals surface area (Å²) in [7, 11) is 0. The van der Waals surface area contributed by atoms with Crippen molar-refractivity contribution in [2.75, 3.05) is 6.61 Å². The molecule has 72 valence electrons. The first-order valence-electron chi connectivity index (χ1n) is 3.56. The molecule has 6 nitrogen and oxygen atoms in total. The van der Waals surface area contributed by atoms with Crippen LogP contribution in [0.5, 0.6) is 0 Å². The Balaban J connectivity index is 2.63. The Labute approximate surface area is 68.6 Å². The molecule has 0 spiro atoms. The molecule has 1 rings (SSSR count). The van der Waals surface area contributed by atoms with Crippen LogP contribution in [-0.2, 0) is 4.74 Å². The lowest BCUT2D eigenvalue weighted by Gasteiger charge is -2.37. The summed E-state index contributed by atoms with van der Waals surface area (Å²) in [5, 5.41) is 44.7. The third kappa shape index (κ3) is 1.58. The van der Waals surface area contributed by atoms with Crippen LogP contribution in [0, 0.1) is 0 Å². The zero-order valence-corrected chi connectivity index (χ0v) is 6.24. The minimum atomic E-state index is -1.57. The van der Waals surface area contributed by atoms with Crippen LogP contribution in [0.4, 0.5) is 0 Å². The molecular weight excluding hydrogens is 168 g/mol. The van der Waals surface area contributed by atoms with Crippen LogP contribution in [0.1, 0.15) is 0 Å². The van der Waals surface area contributed by atoms with E-state index in [1.54, 1.807) is 0 Å². The molecule has 12 heavy (non-hydrogen) atoms. The van der Waals surface area contributed by atoms with Crippen LogP contribution in [0.25, 0.3) is 0 Å². The van der Waals surface area contributed by atoms with Gasteiger partial charge >= 0.3 is 0 Å². The Morgan fingerprint density at radius 1 is 0.917 bits per heavy atom. The van der Waals surface area contributed by atoms with Crippen molar-refractivity contribution in [1.82, 2.24) is 0 Å². The lowest BCUT2D eigenvalue weighted by molar-refractivity contribution is -0.286. The zero-order valence-electron chi connectivity index (χ0n) is 6.24. The van der Waals surface area contributed by atoms with E-state index in [-0.39, 0.29) is 0 Å². The molecule has 1 aliphatic heterocycles. The second-order valence-electron chi connectivity index (χ2n) is 2.72. The second kappa shape index (κ2) is 3.65. The largest absolute Gasteiger partial charge is 0.394 e. The normalized spacial score (nSPS) is 49.2. The summed E-state index contributed by atoms with van der Waals surface area (Å²) in [4.78, 5) is 0. The van der Waals surface area contributed by atoms with Crippen LogP contribution in [0.3, 0.4) is 0 Å². The van der Waals surface area contributed by atoms with Gasteiger partial charge in [0.2, 0.25) is 0 Å². The van der Waals surface area contributed by atoms with Crippen molar-refractivity contribution < 1.29 is 30.3 Å². The molecule has 0 aliphatic carbocycles. The molecule has 0 aromatic rings. The van der Waals surface area contributed by atoms with Crippen molar-refractivity contribution in [3.63, 3.8) is 0 Å². The average molecular weight is 180 g/mol. The van der Waals surface area contributed by atoms with Gasteiger partial charge in [-0.25, -0.2) is 0 Å². The van der Waals surface area contributed by atoms with E-state index in [2.05, 4.69) is 4.74 Å². The van der Waals surface area contributed by atoms with E-state index in [4.69, 9.17) is 25.5 Å². The maximum Gasteiger partial charge on any atom is 0.184 e. The van der Waals surface area contributed by atoms with E-state index in [1.807, 2.05) is 0 Å². The number of ether oxygens (including phenoxy) is 1. The zero-order chi connectivity index (χ0) is 9.30. The number of hydrogen-bond donors (Lipinski definition) is 5. The van der Waals surface area contributed by atoms with E-state index in [9.17, 15) is 0 Å². The molecule has 0 radical (unpaired) electrons. The molecule has 5 N–H and O–H groups in total. The molecule has 1 heterocycles. The van der Waals surface area contributed by atoms with E-state index >= 15 is 0 Å². The smallest absolute Gasteiger partial charge is 0.184 e. The van der Waals surface area contributed by atoms with Gasteiger partial charge in [-0.1, -0.05) is 0 Å². The van der Waals surface area contributed by atoms with Crippen molar-refractivity contribution in [3.05, 3.63) is 0 Å². The third-order valence-electron chi connectivity index (χ3n) is 1.87. The molecular formula is C6H12O6. The Morgan fingerprint density at radius 2 is 1.50 bits per heavy atom. The fourth-order valence-corrected chi connectivity index (χ4v) is 1.08. The maximum atomic E-state index is 9.12. The molecule has 0 aromatic carbocycles. The van der Waals surface area contributed by atoms with E-state index in [1.165, 1.54) is 0 Å². The van der Waals surface area contributed by atoms with Crippen LogP contribution < -0.4 is 0 Å². The Hall–Kier alpha value is -0.240. The van der Waals surface area contributed by atoms with Crippen molar-refractivity contribution in [2.24, 2.45) is 0 Å². The first kappa shape index (κ1) is 9.85. The van der Waals surface area contributed by atoms with Gasteiger partial charge in [0.1, 0.15) is 24.4 Å². The molecule has 1 fully saturated rings. The number of hydrogen-bond acceptors (Lipinski definition) is 6. The summed E-state index contributed by atoms with van der Waals surface area (Å²) in [5.41, 5.74) is 0. The summed E-state index contributed by atoms with van der Waals surface area (Å²) >= 11 is 0. The van der Waals surface area contributed by atoms with E-state index in [0.29, 0.717) is 0 Å².